The Balaban J connectivity index is 2.04. The average Bonchev–Trinajstić information content (AvgIpc) is 2.48. The summed E-state index contributed by atoms with van der Waals surface area (Å²) in [5, 5.41) is 3.14. The van der Waals surface area contributed by atoms with Crippen LogP contribution in [0.1, 0.15) is 29.3 Å². The molecule has 1 aromatic carbocycles. The largest absolute Gasteiger partial charge is 0.416 e. The molecule has 0 radical (unpaired) electrons. The molecule has 0 amide bonds. The van der Waals surface area contributed by atoms with Gasteiger partial charge in [-0.05, 0) is 49.7 Å². The molecular formula is C16H17F3N2. The van der Waals surface area contributed by atoms with Crippen LogP contribution < -0.4 is 5.32 Å². The molecule has 0 fully saturated rings. The molecule has 0 spiro atoms. The van der Waals surface area contributed by atoms with Gasteiger partial charge in [-0.1, -0.05) is 18.2 Å². The summed E-state index contributed by atoms with van der Waals surface area (Å²) in [6.07, 6.45) is -1.00. The van der Waals surface area contributed by atoms with E-state index < -0.39 is 11.7 Å². The van der Waals surface area contributed by atoms with Crippen molar-refractivity contribution < 1.29 is 13.2 Å². The first-order valence-electron chi connectivity index (χ1n) is 6.75. The third kappa shape index (κ3) is 4.29. The summed E-state index contributed by atoms with van der Waals surface area (Å²) in [5.74, 6) is 0. The van der Waals surface area contributed by atoms with Gasteiger partial charge in [-0.3, -0.25) is 4.98 Å². The molecule has 0 saturated carbocycles. The van der Waals surface area contributed by atoms with Gasteiger partial charge < -0.3 is 5.32 Å². The monoisotopic (exact) mass is 294 g/mol. The lowest BCUT2D eigenvalue weighted by atomic mass is 9.99. The zero-order chi connectivity index (χ0) is 15.3. The van der Waals surface area contributed by atoms with Crippen LogP contribution in [0.15, 0.2) is 48.7 Å². The minimum atomic E-state index is -4.29. The van der Waals surface area contributed by atoms with Crippen molar-refractivity contribution in [1.82, 2.24) is 10.3 Å². The summed E-state index contributed by atoms with van der Waals surface area (Å²) >= 11 is 0. The second-order valence-corrected chi connectivity index (χ2v) is 4.82. The summed E-state index contributed by atoms with van der Waals surface area (Å²) in [6.45, 7) is 0. The molecule has 1 N–H and O–H groups in total. The van der Waals surface area contributed by atoms with Gasteiger partial charge in [0.1, 0.15) is 0 Å². The fraction of sp³-hybridized carbons (Fsp3) is 0.312. The first-order valence-corrected chi connectivity index (χ1v) is 6.75. The number of nitrogens with one attached hydrogen (secondary N) is 1. The van der Waals surface area contributed by atoms with Crippen molar-refractivity contribution in [3.05, 3.63) is 65.5 Å². The average molecular weight is 294 g/mol. The number of nitrogens with zero attached hydrogens (tertiary/aromatic N) is 1. The Labute approximate surface area is 122 Å². The van der Waals surface area contributed by atoms with E-state index in [0.717, 1.165) is 36.2 Å². The summed E-state index contributed by atoms with van der Waals surface area (Å²) in [4.78, 5) is 4.25. The van der Waals surface area contributed by atoms with E-state index in [1.807, 2.05) is 18.2 Å². The topological polar surface area (TPSA) is 24.9 Å². The first kappa shape index (κ1) is 15.5. The van der Waals surface area contributed by atoms with E-state index in [4.69, 9.17) is 0 Å². The van der Waals surface area contributed by atoms with Gasteiger partial charge in [0.15, 0.2) is 0 Å². The molecule has 1 heterocycles. The highest BCUT2D eigenvalue weighted by molar-refractivity contribution is 5.27. The maximum absolute atomic E-state index is 12.5. The number of aryl methyl sites for hydroxylation is 1. The predicted molar refractivity (Wildman–Crippen MR) is 75.8 cm³/mol. The lowest BCUT2D eigenvalue weighted by Crippen LogP contribution is -2.17. The van der Waals surface area contributed by atoms with E-state index in [0.29, 0.717) is 0 Å². The Bertz CT molecular complexity index is 550. The van der Waals surface area contributed by atoms with Crippen molar-refractivity contribution in [1.29, 1.82) is 0 Å². The highest BCUT2D eigenvalue weighted by Crippen LogP contribution is 2.30. The van der Waals surface area contributed by atoms with Gasteiger partial charge in [0.25, 0.3) is 0 Å². The number of benzene rings is 1. The SMILES string of the molecule is CNC(CCc1ccccn1)c1ccc(C(F)(F)F)cc1. The molecule has 1 unspecified atom stereocenters. The normalized spacial score (nSPS) is 13.1. The number of hydrogen-bond acceptors (Lipinski definition) is 2. The number of alkyl halides is 3. The van der Waals surface area contributed by atoms with Crippen molar-refractivity contribution in [3.63, 3.8) is 0 Å². The molecule has 1 atom stereocenters. The fourth-order valence-electron chi connectivity index (χ4n) is 2.22. The molecule has 0 aliphatic carbocycles. The van der Waals surface area contributed by atoms with Gasteiger partial charge in [0, 0.05) is 17.9 Å². The maximum atomic E-state index is 12.5. The Morgan fingerprint density at radius 2 is 1.81 bits per heavy atom. The van der Waals surface area contributed by atoms with Crippen molar-refractivity contribution in [2.45, 2.75) is 25.1 Å². The lowest BCUT2D eigenvalue weighted by Gasteiger charge is -2.17. The van der Waals surface area contributed by atoms with Gasteiger partial charge in [0.05, 0.1) is 5.56 Å². The smallest absolute Gasteiger partial charge is 0.313 e. The molecule has 21 heavy (non-hydrogen) atoms. The van der Waals surface area contributed by atoms with Crippen LogP contribution in [0.3, 0.4) is 0 Å². The van der Waals surface area contributed by atoms with Crippen LogP contribution in [-0.4, -0.2) is 12.0 Å². The van der Waals surface area contributed by atoms with Crippen LogP contribution in [0.4, 0.5) is 13.2 Å². The molecule has 0 aliphatic rings. The van der Waals surface area contributed by atoms with Crippen LogP contribution in [0.2, 0.25) is 0 Å². The van der Waals surface area contributed by atoms with E-state index in [2.05, 4.69) is 10.3 Å². The second kappa shape index (κ2) is 6.72. The van der Waals surface area contributed by atoms with Crippen LogP contribution in [0, 0.1) is 0 Å². The van der Waals surface area contributed by atoms with Gasteiger partial charge >= 0.3 is 6.18 Å². The minimum absolute atomic E-state index is 0.00860. The van der Waals surface area contributed by atoms with Crippen molar-refractivity contribution >= 4 is 0 Å². The van der Waals surface area contributed by atoms with Gasteiger partial charge in [-0.25, -0.2) is 0 Å². The van der Waals surface area contributed by atoms with Crippen molar-refractivity contribution in [2.24, 2.45) is 0 Å². The van der Waals surface area contributed by atoms with E-state index in [9.17, 15) is 13.2 Å². The van der Waals surface area contributed by atoms with E-state index in [-0.39, 0.29) is 6.04 Å². The zero-order valence-electron chi connectivity index (χ0n) is 11.7. The summed E-state index contributed by atoms with van der Waals surface area (Å²) in [7, 11) is 1.81. The summed E-state index contributed by atoms with van der Waals surface area (Å²) < 4.78 is 37.6. The fourth-order valence-corrected chi connectivity index (χ4v) is 2.22. The molecule has 1 aromatic heterocycles. The van der Waals surface area contributed by atoms with Crippen molar-refractivity contribution in [3.8, 4) is 0 Å². The quantitative estimate of drug-likeness (QED) is 0.901. The minimum Gasteiger partial charge on any atom is -0.313 e. The number of hydrogen-bond donors (Lipinski definition) is 1. The molecule has 5 heteroatoms. The zero-order valence-corrected chi connectivity index (χ0v) is 11.7. The number of rotatable bonds is 5. The Kier molecular flexibility index (Phi) is 4.96. The lowest BCUT2D eigenvalue weighted by molar-refractivity contribution is -0.137. The molecular weight excluding hydrogens is 277 g/mol. The molecule has 0 bridgehead atoms. The number of halogens is 3. The van der Waals surface area contributed by atoms with Gasteiger partial charge in [0.2, 0.25) is 0 Å². The Morgan fingerprint density at radius 3 is 2.33 bits per heavy atom. The van der Waals surface area contributed by atoms with Crippen LogP contribution in [0.25, 0.3) is 0 Å². The second-order valence-electron chi connectivity index (χ2n) is 4.82. The highest BCUT2D eigenvalue weighted by Gasteiger charge is 2.30. The summed E-state index contributed by atoms with van der Waals surface area (Å²) in [5.41, 5.74) is 1.21. The van der Waals surface area contributed by atoms with E-state index in [1.54, 1.807) is 13.2 Å². The number of aromatic nitrogens is 1. The Hall–Kier alpha value is -1.88. The summed E-state index contributed by atoms with van der Waals surface area (Å²) in [6, 6.07) is 11.0. The first-order chi connectivity index (χ1) is 10.0. The third-order valence-electron chi connectivity index (χ3n) is 3.40. The van der Waals surface area contributed by atoms with Gasteiger partial charge in [-0.2, -0.15) is 13.2 Å². The molecule has 0 saturated heterocycles. The number of pyridine rings is 1. The van der Waals surface area contributed by atoms with E-state index in [1.165, 1.54) is 12.1 Å². The maximum Gasteiger partial charge on any atom is 0.416 e. The predicted octanol–water partition coefficient (Wildman–Crippen LogP) is 3.99. The molecule has 0 aliphatic heterocycles. The van der Waals surface area contributed by atoms with Gasteiger partial charge in [-0.15, -0.1) is 0 Å². The van der Waals surface area contributed by atoms with E-state index >= 15 is 0 Å². The highest BCUT2D eigenvalue weighted by atomic mass is 19.4. The van der Waals surface area contributed by atoms with Crippen LogP contribution >= 0.6 is 0 Å². The molecule has 2 aromatic rings. The molecule has 2 nitrogen and oxygen atoms in total. The standard InChI is InChI=1S/C16H17F3N2/c1-20-15(10-9-14-4-2-3-11-21-14)12-5-7-13(8-6-12)16(17,18)19/h2-8,11,15,20H,9-10H2,1H3. The third-order valence-corrected chi connectivity index (χ3v) is 3.40. The molecule has 112 valence electrons. The van der Waals surface area contributed by atoms with Crippen molar-refractivity contribution in [2.75, 3.05) is 7.05 Å². The van der Waals surface area contributed by atoms with Crippen LogP contribution in [0.5, 0.6) is 0 Å². The molecule has 2 rings (SSSR count). The Morgan fingerprint density at radius 1 is 1.10 bits per heavy atom. The van der Waals surface area contributed by atoms with Crippen LogP contribution in [-0.2, 0) is 12.6 Å².